The third-order valence-corrected chi connectivity index (χ3v) is 6.52. The third kappa shape index (κ3) is 4.10. The summed E-state index contributed by atoms with van der Waals surface area (Å²) >= 11 is 0. The van der Waals surface area contributed by atoms with Crippen molar-refractivity contribution in [3.8, 4) is 0 Å². The van der Waals surface area contributed by atoms with E-state index in [1.807, 2.05) is 24.3 Å². The molecule has 0 amide bonds. The van der Waals surface area contributed by atoms with Crippen LogP contribution in [0.25, 0.3) is 5.70 Å². The zero-order valence-corrected chi connectivity index (χ0v) is 17.4. The molecule has 0 bridgehead atoms. The Balaban J connectivity index is 1.43. The summed E-state index contributed by atoms with van der Waals surface area (Å²) in [5, 5.41) is 10.4. The smallest absolute Gasteiger partial charge is 0.380 e. The van der Waals surface area contributed by atoms with Crippen molar-refractivity contribution < 1.29 is 27.8 Å². The van der Waals surface area contributed by atoms with Crippen molar-refractivity contribution in [2.45, 2.75) is 30.2 Å². The zero-order chi connectivity index (χ0) is 22.3. The fourth-order valence-electron chi connectivity index (χ4n) is 4.33. The molecule has 4 rings (SSSR count). The van der Waals surface area contributed by atoms with E-state index >= 15 is 0 Å². The quantitative estimate of drug-likeness (QED) is 0.752. The maximum Gasteiger partial charge on any atom is 0.416 e. The van der Waals surface area contributed by atoms with Gasteiger partial charge in [-0.2, -0.15) is 13.2 Å². The fourth-order valence-corrected chi connectivity index (χ4v) is 4.33. The van der Waals surface area contributed by atoms with Gasteiger partial charge < -0.3 is 19.5 Å². The number of aliphatic hydroxyl groups is 1. The van der Waals surface area contributed by atoms with E-state index in [0.717, 1.165) is 34.5 Å². The van der Waals surface area contributed by atoms with Gasteiger partial charge in [-0.1, -0.05) is 43.0 Å². The summed E-state index contributed by atoms with van der Waals surface area (Å²) in [6.45, 7) is 6.20. The maximum absolute atomic E-state index is 12.9. The number of ether oxygens (including phenoxy) is 2. The van der Waals surface area contributed by atoms with E-state index in [1.165, 1.54) is 12.1 Å². The largest absolute Gasteiger partial charge is 0.416 e. The lowest BCUT2D eigenvalue weighted by atomic mass is 9.83. The van der Waals surface area contributed by atoms with Crippen molar-refractivity contribution in [2.24, 2.45) is 0 Å². The zero-order valence-electron chi connectivity index (χ0n) is 17.4. The molecule has 1 N–H and O–H groups in total. The Bertz CT molecular complexity index is 926. The van der Waals surface area contributed by atoms with Crippen molar-refractivity contribution in [3.05, 3.63) is 77.4 Å². The van der Waals surface area contributed by atoms with Crippen LogP contribution >= 0.6 is 0 Å². The van der Waals surface area contributed by atoms with Gasteiger partial charge in [0.2, 0.25) is 0 Å². The first-order valence-corrected chi connectivity index (χ1v) is 10.2. The molecule has 2 aromatic carbocycles. The highest BCUT2D eigenvalue weighted by Gasteiger charge is 2.39. The van der Waals surface area contributed by atoms with Crippen molar-refractivity contribution in [3.63, 3.8) is 0 Å². The van der Waals surface area contributed by atoms with E-state index in [1.54, 1.807) is 7.11 Å². The van der Waals surface area contributed by atoms with E-state index in [-0.39, 0.29) is 0 Å². The van der Waals surface area contributed by atoms with Crippen LogP contribution in [-0.4, -0.2) is 43.4 Å². The monoisotopic (exact) mass is 433 g/mol. The van der Waals surface area contributed by atoms with Crippen LogP contribution in [0.5, 0.6) is 0 Å². The molecule has 166 valence electrons. The molecule has 2 fully saturated rings. The molecule has 2 saturated heterocycles. The molecular weight excluding hydrogens is 407 g/mol. The molecule has 0 saturated carbocycles. The minimum absolute atomic E-state index is 0.308. The molecule has 0 atom stereocenters. The van der Waals surface area contributed by atoms with E-state index in [2.05, 4.69) is 11.5 Å². The number of hydrogen-bond donors (Lipinski definition) is 1. The summed E-state index contributed by atoms with van der Waals surface area (Å²) in [7, 11) is 1.61. The fraction of sp³-hybridized carbons (Fsp3) is 0.417. The highest BCUT2D eigenvalue weighted by Crippen LogP contribution is 2.39. The number of likely N-dealkylation sites (tertiary alicyclic amines) is 1. The van der Waals surface area contributed by atoms with Crippen molar-refractivity contribution in [1.82, 2.24) is 4.90 Å². The highest BCUT2D eigenvalue weighted by molar-refractivity contribution is 5.62. The average Bonchev–Trinajstić information content (AvgIpc) is 2.76. The molecule has 0 unspecified atom stereocenters. The van der Waals surface area contributed by atoms with Crippen LogP contribution in [0.1, 0.15) is 35.1 Å². The Morgan fingerprint density at radius 1 is 1.00 bits per heavy atom. The van der Waals surface area contributed by atoms with E-state index in [9.17, 15) is 18.3 Å². The summed E-state index contributed by atoms with van der Waals surface area (Å²) in [5.41, 5.74) is 1.26. The molecule has 0 spiro atoms. The first-order valence-electron chi connectivity index (χ1n) is 10.2. The first-order chi connectivity index (χ1) is 14.7. The van der Waals surface area contributed by atoms with Crippen LogP contribution in [0, 0.1) is 0 Å². The lowest BCUT2D eigenvalue weighted by Gasteiger charge is -2.43. The van der Waals surface area contributed by atoms with Gasteiger partial charge in [-0.05, 0) is 41.7 Å². The van der Waals surface area contributed by atoms with Gasteiger partial charge in [0, 0.05) is 25.9 Å². The van der Waals surface area contributed by atoms with E-state index in [0.29, 0.717) is 39.1 Å². The number of methoxy groups -OCH3 is 1. The minimum atomic E-state index is -4.35. The van der Waals surface area contributed by atoms with Gasteiger partial charge in [0.05, 0.1) is 24.4 Å². The molecule has 7 heteroatoms. The Morgan fingerprint density at radius 3 is 2.00 bits per heavy atom. The van der Waals surface area contributed by atoms with E-state index < -0.39 is 22.9 Å². The lowest BCUT2D eigenvalue weighted by Crippen LogP contribution is -2.46. The van der Waals surface area contributed by atoms with Crippen molar-refractivity contribution in [1.29, 1.82) is 0 Å². The molecule has 2 heterocycles. The number of nitrogens with zero attached hydrogens (tertiary/aromatic N) is 1. The number of rotatable bonds is 5. The van der Waals surface area contributed by atoms with Crippen LogP contribution in [0.15, 0.2) is 55.1 Å². The SMILES string of the molecule is C=C(c1ccc(C2(O)COC2)cc1)N1CCC(OC)(c2ccc(C(F)(F)F)cc2)CC1. The van der Waals surface area contributed by atoms with Crippen molar-refractivity contribution in [2.75, 3.05) is 33.4 Å². The number of alkyl halides is 3. The van der Waals surface area contributed by atoms with Gasteiger partial charge in [0.1, 0.15) is 5.60 Å². The average molecular weight is 433 g/mol. The van der Waals surface area contributed by atoms with Crippen LogP contribution in [0.2, 0.25) is 0 Å². The van der Waals surface area contributed by atoms with Gasteiger partial charge in [-0.25, -0.2) is 0 Å². The molecule has 2 aliphatic rings. The van der Waals surface area contributed by atoms with E-state index in [4.69, 9.17) is 9.47 Å². The van der Waals surface area contributed by atoms with Crippen LogP contribution < -0.4 is 0 Å². The second kappa shape index (κ2) is 7.97. The van der Waals surface area contributed by atoms with Gasteiger partial charge >= 0.3 is 6.18 Å². The second-order valence-electron chi connectivity index (χ2n) is 8.31. The topological polar surface area (TPSA) is 41.9 Å². The molecule has 2 aliphatic heterocycles. The standard InChI is InChI=1S/C24H26F3NO3/c1-17(18-3-5-19(6-4-18)22(29)15-31-16-22)28-13-11-23(30-2,12-14-28)20-7-9-21(10-8-20)24(25,26)27/h3-10,29H,1,11-16H2,2H3. The maximum atomic E-state index is 12.9. The molecule has 4 nitrogen and oxygen atoms in total. The normalized spacial score (nSPS) is 20.2. The molecule has 0 aliphatic carbocycles. The Morgan fingerprint density at radius 2 is 1.55 bits per heavy atom. The van der Waals surface area contributed by atoms with Gasteiger partial charge in [-0.3, -0.25) is 0 Å². The first kappa shape index (κ1) is 21.9. The van der Waals surface area contributed by atoms with Gasteiger partial charge in [0.25, 0.3) is 0 Å². The molecule has 31 heavy (non-hydrogen) atoms. The minimum Gasteiger partial charge on any atom is -0.380 e. The summed E-state index contributed by atoms with van der Waals surface area (Å²) in [6, 6.07) is 13.0. The van der Waals surface area contributed by atoms with Crippen LogP contribution in [-0.2, 0) is 26.9 Å². The molecular formula is C24H26F3NO3. The second-order valence-corrected chi connectivity index (χ2v) is 8.31. The summed E-state index contributed by atoms with van der Waals surface area (Å²) in [4.78, 5) is 2.16. The van der Waals surface area contributed by atoms with Gasteiger partial charge in [0.15, 0.2) is 0 Å². The lowest BCUT2D eigenvalue weighted by molar-refractivity contribution is -0.184. The molecule has 2 aromatic rings. The Hall–Kier alpha value is -2.35. The van der Waals surface area contributed by atoms with Crippen LogP contribution in [0.4, 0.5) is 13.2 Å². The number of benzene rings is 2. The molecule has 0 radical (unpaired) electrons. The summed E-state index contributed by atoms with van der Waals surface area (Å²) < 4.78 is 49.6. The number of piperidine rings is 1. The Labute approximate surface area is 179 Å². The predicted octanol–water partition coefficient (Wildman–Crippen LogP) is 4.53. The van der Waals surface area contributed by atoms with Gasteiger partial charge in [-0.15, -0.1) is 0 Å². The Kier molecular flexibility index (Phi) is 5.62. The number of halogens is 3. The highest BCUT2D eigenvalue weighted by atomic mass is 19.4. The summed E-state index contributed by atoms with van der Waals surface area (Å²) in [6.07, 6.45) is -3.07. The third-order valence-electron chi connectivity index (χ3n) is 6.52. The van der Waals surface area contributed by atoms with Crippen molar-refractivity contribution >= 4 is 5.70 Å². The number of hydrogen-bond acceptors (Lipinski definition) is 4. The predicted molar refractivity (Wildman–Crippen MR) is 111 cm³/mol. The molecule has 0 aromatic heterocycles. The summed E-state index contributed by atoms with van der Waals surface area (Å²) in [5.74, 6) is 0. The van der Waals surface area contributed by atoms with Crippen LogP contribution in [0.3, 0.4) is 0 Å².